The number of aromatic nitrogens is 3. The maximum absolute atomic E-state index is 12.4. The quantitative estimate of drug-likeness (QED) is 0.793. The zero-order valence-electron chi connectivity index (χ0n) is 14.4. The molecule has 7 heteroatoms. The number of ether oxygens (including phenoxy) is 1. The summed E-state index contributed by atoms with van der Waals surface area (Å²) in [7, 11) is 3.02. The summed E-state index contributed by atoms with van der Waals surface area (Å²) in [6.07, 6.45) is 8.49. The number of imidazole rings is 1. The third-order valence-electron chi connectivity index (χ3n) is 4.70. The summed E-state index contributed by atoms with van der Waals surface area (Å²) in [5.74, 6) is 1.31. The summed E-state index contributed by atoms with van der Waals surface area (Å²) in [5.41, 5.74) is 0.855. The molecule has 1 fully saturated rings. The predicted molar refractivity (Wildman–Crippen MR) is 88.3 cm³/mol. The first-order valence-electron chi connectivity index (χ1n) is 8.29. The van der Waals surface area contributed by atoms with E-state index in [1.807, 2.05) is 6.20 Å². The van der Waals surface area contributed by atoms with Gasteiger partial charge >= 0.3 is 11.9 Å². The summed E-state index contributed by atoms with van der Waals surface area (Å²) in [6, 6.07) is 1.79. The zero-order valence-corrected chi connectivity index (χ0v) is 14.4. The van der Waals surface area contributed by atoms with E-state index in [4.69, 9.17) is 4.74 Å². The van der Waals surface area contributed by atoms with Gasteiger partial charge in [0.2, 0.25) is 5.82 Å². The van der Waals surface area contributed by atoms with Crippen LogP contribution in [-0.2, 0) is 4.74 Å². The Balaban J connectivity index is 2.29. The fourth-order valence-electron chi connectivity index (χ4n) is 3.63. The van der Waals surface area contributed by atoms with Gasteiger partial charge in [-0.1, -0.05) is 19.3 Å². The topological polar surface area (TPSA) is 68.5 Å². The molecule has 1 saturated carbocycles. The van der Waals surface area contributed by atoms with Crippen LogP contribution in [0.4, 0.5) is 10.6 Å². The van der Waals surface area contributed by atoms with E-state index in [1.165, 1.54) is 25.4 Å². The molecule has 2 aromatic rings. The van der Waals surface area contributed by atoms with Crippen LogP contribution in [0.1, 0.15) is 55.4 Å². The van der Waals surface area contributed by atoms with Crippen molar-refractivity contribution in [2.75, 3.05) is 19.1 Å². The lowest BCUT2D eigenvalue weighted by Gasteiger charge is -2.22. The van der Waals surface area contributed by atoms with Crippen molar-refractivity contribution >= 4 is 23.6 Å². The lowest BCUT2D eigenvalue weighted by Crippen LogP contribution is -2.36. The number of fused-ring (bicyclic) bond motifs is 1. The van der Waals surface area contributed by atoms with E-state index >= 15 is 0 Å². The fourth-order valence-corrected chi connectivity index (χ4v) is 3.63. The van der Waals surface area contributed by atoms with Crippen molar-refractivity contribution in [1.29, 1.82) is 0 Å². The average Bonchev–Trinajstić information content (AvgIpc) is 2.96. The molecule has 1 aliphatic rings. The van der Waals surface area contributed by atoms with Gasteiger partial charge in [-0.3, -0.25) is 4.79 Å². The summed E-state index contributed by atoms with van der Waals surface area (Å²) in [6.45, 7) is 1.53. The Bertz CT molecular complexity index is 777. The van der Waals surface area contributed by atoms with Crippen LogP contribution in [0, 0.1) is 0 Å². The SMILES string of the molecule is COC(=O)N(C)c1c(C2CCCCC2)n(C(C)=O)c2nccc[n+]12. The highest BCUT2D eigenvalue weighted by atomic mass is 16.5. The van der Waals surface area contributed by atoms with Crippen LogP contribution in [0.2, 0.25) is 0 Å². The van der Waals surface area contributed by atoms with Crippen LogP contribution in [0.15, 0.2) is 18.5 Å². The van der Waals surface area contributed by atoms with Gasteiger partial charge in [0, 0.05) is 12.8 Å². The number of amides is 1. The van der Waals surface area contributed by atoms with Gasteiger partial charge in [0.25, 0.3) is 5.91 Å². The maximum atomic E-state index is 12.4. The minimum atomic E-state index is -0.467. The molecule has 128 valence electrons. The number of nitrogens with zero attached hydrogens (tertiary/aromatic N) is 4. The highest BCUT2D eigenvalue weighted by Crippen LogP contribution is 2.37. The van der Waals surface area contributed by atoms with E-state index in [0.29, 0.717) is 11.6 Å². The third kappa shape index (κ3) is 2.64. The summed E-state index contributed by atoms with van der Waals surface area (Å²) in [4.78, 5) is 30.3. The van der Waals surface area contributed by atoms with Crippen LogP contribution in [-0.4, -0.2) is 35.7 Å². The molecule has 0 atom stereocenters. The van der Waals surface area contributed by atoms with Gasteiger partial charge in [0.15, 0.2) is 0 Å². The van der Waals surface area contributed by atoms with Crippen LogP contribution < -0.4 is 9.30 Å². The van der Waals surface area contributed by atoms with Crippen molar-refractivity contribution < 1.29 is 18.7 Å². The van der Waals surface area contributed by atoms with E-state index in [0.717, 1.165) is 31.4 Å². The molecule has 2 heterocycles. The summed E-state index contributed by atoms with van der Waals surface area (Å²) in [5, 5.41) is 0. The minimum absolute atomic E-state index is 0.101. The van der Waals surface area contributed by atoms with Crippen molar-refractivity contribution in [2.45, 2.75) is 44.9 Å². The van der Waals surface area contributed by atoms with E-state index in [-0.39, 0.29) is 11.8 Å². The van der Waals surface area contributed by atoms with Gasteiger partial charge in [-0.15, -0.1) is 4.98 Å². The second kappa shape index (κ2) is 6.59. The van der Waals surface area contributed by atoms with Gasteiger partial charge in [0.05, 0.1) is 26.6 Å². The molecular formula is C17H23N4O3+. The third-order valence-corrected chi connectivity index (χ3v) is 4.70. The van der Waals surface area contributed by atoms with Crippen LogP contribution >= 0.6 is 0 Å². The lowest BCUT2D eigenvalue weighted by atomic mass is 9.86. The monoisotopic (exact) mass is 331 g/mol. The molecule has 0 aliphatic heterocycles. The molecule has 0 aromatic carbocycles. The number of carbonyl (C=O) groups excluding carboxylic acids is 2. The number of methoxy groups -OCH3 is 1. The van der Waals surface area contributed by atoms with E-state index in [2.05, 4.69) is 4.98 Å². The second-order valence-electron chi connectivity index (χ2n) is 6.22. The van der Waals surface area contributed by atoms with Crippen molar-refractivity contribution in [3.8, 4) is 0 Å². The van der Waals surface area contributed by atoms with Gasteiger partial charge < -0.3 is 4.74 Å². The van der Waals surface area contributed by atoms with Gasteiger partial charge in [0.1, 0.15) is 5.69 Å². The van der Waals surface area contributed by atoms with E-state index in [9.17, 15) is 9.59 Å². The maximum Gasteiger partial charge on any atom is 0.460 e. The number of hydrogen-bond acceptors (Lipinski definition) is 4. The minimum Gasteiger partial charge on any atom is -0.444 e. The summed E-state index contributed by atoms with van der Waals surface area (Å²) >= 11 is 0. The molecule has 0 radical (unpaired) electrons. The highest BCUT2D eigenvalue weighted by Gasteiger charge is 2.37. The first-order chi connectivity index (χ1) is 11.6. The Morgan fingerprint density at radius 3 is 2.67 bits per heavy atom. The lowest BCUT2D eigenvalue weighted by molar-refractivity contribution is -0.499. The Hall–Kier alpha value is -2.44. The van der Waals surface area contributed by atoms with E-state index < -0.39 is 6.09 Å². The van der Waals surface area contributed by atoms with Crippen molar-refractivity contribution in [1.82, 2.24) is 9.55 Å². The molecule has 0 N–H and O–H groups in total. The van der Waals surface area contributed by atoms with Gasteiger partial charge in [-0.2, -0.15) is 8.97 Å². The number of carbonyl (C=O) groups is 2. The molecule has 0 bridgehead atoms. The van der Waals surface area contributed by atoms with Crippen LogP contribution in [0.25, 0.3) is 5.78 Å². The number of hydrogen-bond donors (Lipinski definition) is 0. The smallest absolute Gasteiger partial charge is 0.444 e. The van der Waals surface area contributed by atoms with Crippen molar-refractivity contribution in [3.63, 3.8) is 0 Å². The molecule has 0 saturated heterocycles. The molecule has 3 rings (SSSR count). The molecule has 1 amide bonds. The van der Waals surface area contributed by atoms with Crippen molar-refractivity contribution in [3.05, 3.63) is 24.2 Å². The number of rotatable bonds is 2. The van der Waals surface area contributed by atoms with Gasteiger partial charge in [-0.05, 0) is 18.9 Å². The molecule has 24 heavy (non-hydrogen) atoms. The Morgan fingerprint density at radius 2 is 2.04 bits per heavy atom. The first kappa shape index (κ1) is 16.4. The van der Waals surface area contributed by atoms with Crippen molar-refractivity contribution in [2.24, 2.45) is 0 Å². The Morgan fingerprint density at radius 1 is 1.33 bits per heavy atom. The fraction of sp³-hybridized carbons (Fsp3) is 0.529. The second-order valence-corrected chi connectivity index (χ2v) is 6.22. The standard InChI is InChI=1S/C17H23N4O3/c1-12(22)21-14(13-8-5-4-6-9-13)15(19(2)17(23)24-3)20-11-7-10-18-16(20)21/h7,10-11,13H,4-6,8-9H2,1-3H3/q+1. The first-order valence-corrected chi connectivity index (χ1v) is 8.29. The largest absolute Gasteiger partial charge is 0.460 e. The van der Waals surface area contributed by atoms with E-state index in [1.54, 1.807) is 28.3 Å². The molecule has 0 spiro atoms. The molecule has 2 aromatic heterocycles. The number of anilines is 1. The predicted octanol–water partition coefficient (Wildman–Crippen LogP) is 2.53. The highest BCUT2D eigenvalue weighted by molar-refractivity contribution is 5.88. The normalized spacial score (nSPS) is 15.5. The summed E-state index contributed by atoms with van der Waals surface area (Å²) < 4.78 is 8.32. The Labute approximate surface area is 140 Å². The molecule has 1 aliphatic carbocycles. The van der Waals surface area contributed by atoms with Gasteiger partial charge in [-0.25, -0.2) is 9.69 Å². The molecular weight excluding hydrogens is 308 g/mol. The molecule has 7 nitrogen and oxygen atoms in total. The van der Waals surface area contributed by atoms with Crippen LogP contribution in [0.5, 0.6) is 0 Å². The average molecular weight is 331 g/mol. The van der Waals surface area contributed by atoms with Crippen LogP contribution in [0.3, 0.4) is 0 Å². The molecule has 0 unspecified atom stereocenters. The Kier molecular flexibility index (Phi) is 4.51. The zero-order chi connectivity index (χ0) is 17.3.